The van der Waals surface area contributed by atoms with Crippen molar-refractivity contribution in [3.05, 3.63) is 70.2 Å². The Bertz CT molecular complexity index is 976. The molecular formula is C23H29ClN2O3S. The SMILES string of the molecule is CC[C@@H](NC(=O)[C@H]1CCCN(S(=O)(=O)Cc2cccc(Cl)c2)C1)c1ccc(C)cc1. The second-order valence-electron chi connectivity index (χ2n) is 7.96. The highest BCUT2D eigenvalue weighted by Crippen LogP contribution is 2.24. The first-order valence-corrected chi connectivity index (χ1v) is 12.4. The van der Waals surface area contributed by atoms with E-state index >= 15 is 0 Å². The minimum atomic E-state index is -3.52. The molecule has 162 valence electrons. The number of carbonyl (C=O) groups is 1. The Balaban J connectivity index is 1.65. The summed E-state index contributed by atoms with van der Waals surface area (Å²) in [6.45, 7) is 4.73. The molecule has 0 aliphatic carbocycles. The molecular weight excluding hydrogens is 420 g/mol. The standard InChI is InChI=1S/C23H29ClN2O3S/c1-3-22(19-11-9-17(2)10-12-19)25-23(27)20-7-5-13-26(15-20)30(28,29)16-18-6-4-8-21(24)14-18/h4,6,8-12,14,20,22H,3,5,7,13,15-16H2,1-2H3,(H,25,27)/t20-,22+/m0/s1. The Kier molecular flexibility index (Phi) is 7.55. The Labute approximate surface area is 184 Å². The maximum absolute atomic E-state index is 12.9. The fraction of sp³-hybridized carbons (Fsp3) is 0.435. The summed E-state index contributed by atoms with van der Waals surface area (Å²) in [5.74, 6) is -0.527. The molecule has 1 aliphatic rings. The summed E-state index contributed by atoms with van der Waals surface area (Å²) < 4.78 is 27.3. The number of hydrogen-bond donors (Lipinski definition) is 1. The fourth-order valence-corrected chi connectivity index (χ4v) is 5.66. The van der Waals surface area contributed by atoms with Crippen LogP contribution in [0, 0.1) is 12.8 Å². The van der Waals surface area contributed by atoms with E-state index in [1.165, 1.54) is 9.87 Å². The van der Waals surface area contributed by atoms with Crippen molar-refractivity contribution in [1.82, 2.24) is 9.62 Å². The van der Waals surface area contributed by atoms with E-state index in [1.807, 2.05) is 38.1 Å². The largest absolute Gasteiger partial charge is 0.349 e. The zero-order chi connectivity index (χ0) is 21.7. The Morgan fingerprint density at radius 2 is 1.97 bits per heavy atom. The number of halogens is 1. The molecule has 2 atom stereocenters. The van der Waals surface area contributed by atoms with Gasteiger partial charge in [0, 0.05) is 18.1 Å². The lowest BCUT2D eigenvalue weighted by Crippen LogP contribution is -2.46. The highest BCUT2D eigenvalue weighted by Gasteiger charge is 2.33. The van der Waals surface area contributed by atoms with E-state index in [1.54, 1.807) is 24.3 Å². The van der Waals surface area contributed by atoms with E-state index in [9.17, 15) is 13.2 Å². The molecule has 5 nitrogen and oxygen atoms in total. The van der Waals surface area contributed by atoms with Crippen LogP contribution in [0.25, 0.3) is 0 Å². The summed E-state index contributed by atoms with van der Waals surface area (Å²) in [7, 11) is -3.52. The number of sulfonamides is 1. The summed E-state index contributed by atoms with van der Waals surface area (Å²) in [6, 6.07) is 15.0. The van der Waals surface area contributed by atoms with Crippen LogP contribution in [-0.2, 0) is 20.6 Å². The number of piperidine rings is 1. The van der Waals surface area contributed by atoms with Gasteiger partial charge in [0.25, 0.3) is 0 Å². The Morgan fingerprint density at radius 3 is 2.63 bits per heavy atom. The van der Waals surface area contributed by atoms with E-state index in [4.69, 9.17) is 11.6 Å². The van der Waals surface area contributed by atoms with Crippen LogP contribution in [0.4, 0.5) is 0 Å². The van der Waals surface area contributed by atoms with Crippen molar-refractivity contribution in [2.45, 2.75) is 44.9 Å². The third-order valence-corrected chi connectivity index (χ3v) is 7.64. The molecule has 7 heteroatoms. The lowest BCUT2D eigenvalue weighted by Gasteiger charge is -2.32. The molecule has 0 saturated carbocycles. The minimum absolute atomic E-state index is 0.0726. The van der Waals surface area contributed by atoms with Crippen LogP contribution in [0.5, 0.6) is 0 Å². The smallest absolute Gasteiger partial charge is 0.224 e. The predicted octanol–water partition coefficient (Wildman–Crippen LogP) is 4.46. The van der Waals surface area contributed by atoms with E-state index in [0.717, 1.165) is 12.0 Å². The van der Waals surface area contributed by atoms with Crippen molar-refractivity contribution in [3.8, 4) is 0 Å². The molecule has 2 aromatic carbocycles. The number of rotatable bonds is 7. The predicted molar refractivity (Wildman–Crippen MR) is 121 cm³/mol. The van der Waals surface area contributed by atoms with Gasteiger partial charge in [-0.2, -0.15) is 0 Å². The van der Waals surface area contributed by atoms with Crippen LogP contribution in [0.15, 0.2) is 48.5 Å². The van der Waals surface area contributed by atoms with Crippen molar-refractivity contribution in [3.63, 3.8) is 0 Å². The molecule has 1 fully saturated rings. The highest BCUT2D eigenvalue weighted by atomic mass is 35.5. The van der Waals surface area contributed by atoms with Gasteiger partial charge in [0.15, 0.2) is 0 Å². The van der Waals surface area contributed by atoms with Crippen LogP contribution in [0.1, 0.15) is 48.9 Å². The van der Waals surface area contributed by atoms with Gasteiger partial charge in [-0.25, -0.2) is 12.7 Å². The zero-order valence-corrected chi connectivity index (χ0v) is 19.0. The van der Waals surface area contributed by atoms with E-state index in [0.29, 0.717) is 30.0 Å². The van der Waals surface area contributed by atoms with Gasteiger partial charge in [-0.05, 0) is 49.4 Å². The van der Waals surface area contributed by atoms with Crippen LogP contribution < -0.4 is 5.32 Å². The van der Waals surface area contributed by atoms with Crippen molar-refractivity contribution < 1.29 is 13.2 Å². The van der Waals surface area contributed by atoms with Gasteiger partial charge in [-0.15, -0.1) is 0 Å². The number of hydrogen-bond acceptors (Lipinski definition) is 3. The van der Waals surface area contributed by atoms with Crippen LogP contribution >= 0.6 is 11.6 Å². The van der Waals surface area contributed by atoms with Gasteiger partial charge in [-0.3, -0.25) is 4.79 Å². The molecule has 1 saturated heterocycles. The van der Waals surface area contributed by atoms with Gasteiger partial charge < -0.3 is 5.32 Å². The third-order valence-electron chi connectivity index (χ3n) is 5.59. The maximum atomic E-state index is 12.9. The number of aryl methyl sites for hydroxylation is 1. The molecule has 0 radical (unpaired) electrons. The number of nitrogens with one attached hydrogen (secondary N) is 1. The molecule has 2 aromatic rings. The lowest BCUT2D eigenvalue weighted by atomic mass is 9.97. The summed E-state index contributed by atoms with van der Waals surface area (Å²) in [4.78, 5) is 12.9. The highest BCUT2D eigenvalue weighted by molar-refractivity contribution is 7.88. The fourth-order valence-electron chi connectivity index (χ4n) is 3.85. The van der Waals surface area contributed by atoms with E-state index < -0.39 is 10.0 Å². The van der Waals surface area contributed by atoms with E-state index in [2.05, 4.69) is 5.32 Å². The molecule has 1 heterocycles. The monoisotopic (exact) mass is 448 g/mol. The normalized spacial score (nSPS) is 18.7. The van der Waals surface area contributed by atoms with Crippen LogP contribution in [0.2, 0.25) is 5.02 Å². The number of benzene rings is 2. The zero-order valence-electron chi connectivity index (χ0n) is 17.5. The number of carbonyl (C=O) groups excluding carboxylic acids is 1. The van der Waals surface area contributed by atoms with Gasteiger partial charge in [0.2, 0.25) is 15.9 Å². The molecule has 0 unspecified atom stereocenters. The summed E-state index contributed by atoms with van der Waals surface area (Å²) in [6.07, 6.45) is 2.14. The maximum Gasteiger partial charge on any atom is 0.224 e. The van der Waals surface area contributed by atoms with Crippen LogP contribution in [0.3, 0.4) is 0 Å². The first-order chi connectivity index (χ1) is 14.3. The van der Waals surface area contributed by atoms with Crippen molar-refractivity contribution in [2.24, 2.45) is 5.92 Å². The van der Waals surface area contributed by atoms with Gasteiger partial charge in [0.1, 0.15) is 0 Å². The second-order valence-corrected chi connectivity index (χ2v) is 10.4. The molecule has 0 bridgehead atoms. The quantitative estimate of drug-likeness (QED) is 0.680. The second kappa shape index (κ2) is 9.94. The van der Waals surface area contributed by atoms with Crippen molar-refractivity contribution in [2.75, 3.05) is 13.1 Å². The summed E-state index contributed by atoms with van der Waals surface area (Å²) in [5, 5.41) is 3.64. The Hall–Kier alpha value is -1.89. The average Bonchev–Trinajstić information content (AvgIpc) is 2.72. The first kappa shape index (κ1) is 22.8. The van der Waals surface area contributed by atoms with E-state index in [-0.39, 0.29) is 30.2 Å². The van der Waals surface area contributed by atoms with Crippen molar-refractivity contribution in [1.29, 1.82) is 0 Å². The third kappa shape index (κ3) is 5.84. The number of amides is 1. The molecule has 1 amide bonds. The van der Waals surface area contributed by atoms with Gasteiger partial charge in [0.05, 0.1) is 17.7 Å². The molecule has 0 aromatic heterocycles. The topological polar surface area (TPSA) is 66.5 Å². The van der Waals surface area contributed by atoms with Gasteiger partial charge >= 0.3 is 0 Å². The van der Waals surface area contributed by atoms with Crippen molar-refractivity contribution >= 4 is 27.5 Å². The van der Waals surface area contributed by atoms with Crippen LogP contribution in [-0.4, -0.2) is 31.7 Å². The molecule has 0 spiro atoms. The molecule has 30 heavy (non-hydrogen) atoms. The lowest BCUT2D eigenvalue weighted by molar-refractivity contribution is -0.126. The molecule has 1 aliphatic heterocycles. The molecule has 1 N–H and O–H groups in total. The van der Waals surface area contributed by atoms with Gasteiger partial charge in [-0.1, -0.05) is 60.5 Å². The molecule has 3 rings (SSSR count). The Morgan fingerprint density at radius 1 is 1.23 bits per heavy atom. The minimum Gasteiger partial charge on any atom is -0.349 e. The average molecular weight is 449 g/mol. The summed E-state index contributed by atoms with van der Waals surface area (Å²) >= 11 is 5.98. The summed E-state index contributed by atoms with van der Waals surface area (Å²) in [5.41, 5.74) is 2.89. The number of nitrogens with zero attached hydrogens (tertiary/aromatic N) is 1. The first-order valence-electron chi connectivity index (χ1n) is 10.4.